The van der Waals surface area contributed by atoms with Crippen LogP contribution in [-0.2, 0) is 37.1 Å². The molecule has 1 aliphatic heterocycles. The molecule has 3 aliphatic rings. The molecule has 15 heteroatoms. The normalized spacial score (nSPS) is 21.2. The number of hydrogen-bond acceptors (Lipinski definition) is 10. The molecule has 0 amide bonds. The average molecular weight is 1640 g/mol. The van der Waals surface area contributed by atoms with Crippen molar-refractivity contribution in [3.63, 3.8) is 0 Å². The number of nitrogens with two attached hydrogens (primary N) is 1. The number of carbonyl (C=O) groups excluding carboxylic acids is 1. The molecule has 0 spiro atoms. The molecule has 3 fully saturated rings. The Kier molecular flexibility index (Phi) is 42.2. The Morgan fingerprint density at radius 2 is 0.767 bits per heavy atom. The summed E-state index contributed by atoms with van der Waals surface area (Å²) in [5, 5.41) is 32.6. The van der Waals surface area contributed by atoms with Crippen LogP contribution in [0.5, 0.6) is 0 Å². The molecule has 5 N–H and O–H groups in total. The number of aliphatic carboxylic acids is 1. The molecular weight excluding hydrogens is 1460 g/mol. The summed E-state index contributed by atoms with van der Waals surface area (Å²) in [6.45, 7) is 100. The lowest BCUT2D eigenvalue weighted by Gasteiger charge is -2.46. The number of aryl methyl sites for hydroxylation is 1. The molecule has 2 aliphatic carbocycles. The lowest BCUT2D eigenvalue weighted by molar-refractivity contribution is -0.138. The zero-order valence-corrected chi connectivity index (χ0v) is 82.7. The quantitative estimate of drug-likeness (QED) is 0.0213. The van der Waals surface area contributed by atoms with Gasteiger partial charge in [0.2, 0.25) is 0 Å². The maximum atomic E-state index is 11.8. The molecular formula is C101H178N6O8S. The highest BCUT2D eigenvalue weighted by Crippen LogP contribution is 2.68. The Morgan fingerprint density at radius 3 is 1.02 bits per heavy atom. The smallest absolute Gasteiger partial charge is 0.415 e. The summed E-state index contributed by atoms with van der Waals surface area (Å²) in [6, 6.07) is 8.20. The van der Waals surface area contributed by atoms with E-state index in [1.54, 1.807) is 27.1 Å². The van der Waals surface area contributed by atoms with Crippen LogP contribution in [0.25, 0.3) is 0 Å². The number of carboxylic acid groups (broad SMARTS) is 2. The largest absolute Gasteiger partial charge is 0.480 e. The molecule has 4 aromatic rings. The Bertz CT molecular complexity index is 3480. The molecule has 3 aromatic heterocycles. The zero-order chi connectivity index (χ0) is 89.4. The summed E-state index contributed by atoms with van der Waals surface area (Å²) < 4.78 is 17.0. The van der Waals surface area contributed by atoms with E-state index >= 15 is 0 Å². The van der Waals surface area contributed by atoms with Crippen molar-refractivity contribution < 1.29 is 39.3 Å². The molecule has 116 heavy (non-hydrogen) atoms. The molecule has 0 bridgehead atoms. The van der Waals surface area contributed by atoms with Gasteiger partial charge in [-0.05, 0) is 200 Å². The molecule has 2 saturated carbocycles. The summed E-state index contributed by atoms with van der Waals surface area (Å²) >= 11 is 1.84. The predicted molar refractivity (Wildman–Crippen MR) is 497 cm³/mol. The summed E-state index contributed by atoms with van der Waals surface area (Å²) in [4.78, 5) is 36.7. The molecule has 4 heterocycles. The van der Waals surface area contributed by atoms with Crippen LogP contribution in [0.4, 0.5) is 4.79 Å². The van der Waals surface area contributed by atoms with E-state index in [0.717, 1.165) is 56.5 Å². The van der Waals surface area contributed by atoms with Crippen LogP contribution in [-0.4, -0.2) is 103 Å². The van der Waals surface area contributed by atoms with Crippen molar-refractivity contribution in [1.82, 2.24) is 18.6 Å². The van der Waals surface area contributed by atoms with Gasteiger partial charge in [-0.1, -0.05) is 312 Å². The van der Waals surface area contributed by atoms with Crippen molar-refractivity contribution in [2.24, 2.45) is 106 Å². The van der Waals surface area contributed by atoms with Crippen LogP contribution in [0.3, 0.4) is 0 Å². The minimum Gasteiger partial charge on any atom is -0.480 e. The molecule has 14 nitrogen and oxygen atoms in total. The standard InChI is InChI=1S/C27H45NO2S.C22H40N2O.C18H31NO2.C17H29NO2.C17H33NO/c1-15(2)22-23(16(3)4)25(18(7)8)27(24(22)17(5)6,31-14-21(28)26(29)30)20-12-10-19(9)11-13-20;1-15(2)19-20(16(3)4)22(18(7)8)24(21(19)17(5)6)10-9-23-11-13-25-14-12-23;1-11(2)15-16(12(3)4)18(14(7)8)19(9-21-10-20)17(15)13(5)6;1-9(2)13-14(10(3)4)16(12(7)8)18(17(19)20)15(13)11(5)6;1-9(2)13-14(10(3)4)16(12(7)8)17(18-19)15(13)11(5)6/h10-13,15-18,21-25H,14,28H2,1-9H3,(H,29,30);15-18H,9-14H2,1-8H3;10-14H,9H2,1-8H3;9-12H,1-8H3,(H,19,20);9-16,19H,1-8H3. The Morgan fingerprint density at radius 1 is 0.457 bits per heavy atom. The van der Waals surface area contributed by atoms with Crippen LogP contribution >= 0.6 is 11.8 Å². The number of thioether (sulfide) groups is 1. The lowest BCUT2D eigenvalue weighted by Crippen LogP contribution is -2.43. The number of nitrogens with zero attached hydrogens (tertiary/aromatic N) is 5. The number of hydrogen-bond donors (Lipinski definition) is 4. The van der Waals surface area contributed by atoms with Crippen molar-refractivity contribution in [3.8, 4) is 0 Å². The molecule has 666 valence electrons. The maximum absolute atomic E-state index is 11.8. The first kappa shape index (κ1) is 105. The van der Waals surface area contributed by atoms with Crippen molar-refractivity contribution in [2.45, 2.75) is 379 Å². The van der Waals surface area contributed by atoms with Crippen LogP contribution in [0.15, 0.2) is 29.4 Å². The number of oxime groups is 1. The first-order valence-corrected chi connectivity index (χ1v) is 47.0. The van der Waals surface area contributed by atoms with Crippen LogP contribution in [0.1, 0.15) is 427 Å². The van der Waals surface area contributed by atoms with E-state index in [4.69, 9.17) is 15.2 Å². The van der Waals surface area contributed by atoms with Crippen molar-refractivity contribution in [1.29, 1.82) is 0 Å². The second-order valence-corrected chi connectivity index (χ2v) is 42.8. The Labute approximate surface area is 715 Å². The fraction of sp³-hybridized carbons (Fsp3) is 0.782. The van der Waals surface area contributed by atoms with Crippen molar-refractivity contribution >= 4 is 36.0 Å². The number of aromatic nitrogens is 3. The van der Waals surface area contributed by atoms with Crippen molar-refractivity contribution in [2.75, 3.05) is 38.6 Å². The van der Waals surface area contributed by atoms with Gasteiger partial charge in [0.1, 0.15) is 6.04 Å². The van der Waals surface area contributed by atoms with Gasteiger partial charge >= 0.3 is 12.1 Å². The van der Waals surface area contributed by atoms with E-state index in [0.29, 0.717) is 173 Å². The highest BCUT2D eigenvalue weighted by atomic mass is 32.2. The molecule has 1 saturated heterocycles. The number of rotatable bonds is 31. The van der Waals surface area contributed by atoms with Gasteiger partial charge in [-0.2, -0.15) is 0 Å². The van der Waals surface area contributed by atoms with Crippen molar-refractivity contribution in [3.05, 3.63) is 103 Å². The van der Waals surface area contributed by atoms with Crippen LogP contribution in [0, 0.1) is 102 Å². The lowest BCUT2D eigenvalue weighted by atomic mass is 9.70. The first-order valence-electron chi connectivity index (χ1n) is 46.0. The fourth-order valence-corrected chi connectivity index (χ4v) is 24.4. The topological polar surface area (TPSA) is 187 Å². The van der Waals surface area contributed by atoms with E-state index in [1.807, 2.05) is 11.8 Å². The number of ether oxygens (including phenoxy) is 2. The second kappa shape index (κ2) is 46.4. The van der Waals surface area contributed by atoms with Gasteiger partial charge in [0.25, 0.3) is 6.47 Å². The van der Waals surface area contributed by atoms with Gasteiger partial charge in [0.05, 0.1) is 18.9 Å². The summed E-state index contributed by atoms with van der Waals surface area (Å²) in [7, 11) is 0. The van der Waals surface area contributed by atoms with Gasteiger partial charge in [-0.3, -0.25) is 19.1 Å². The molecule has 9 unspecified atom stereocenters. The van der Waals surface area contributed by atoms with E-state index in [2.05, 4.69) is 327 Å². The number of carbonyl (C=O) groups is 3. The van der Waals surface area contributed by atoms with Gasteiger partial charge < -0.3 is 39.8 Å². The average Bonchev–Trinajstić information content (AvgIpc) is 1.54. The summed E-state index contributed by atoms with van der Waals surface area (Å²) in [5.74, 6) is 13.4. The number of benzene rings is 1. The molecule has 7 rings (SSSR count). The molecule has 0 radical (unpaired) electrons. The predicted octanol–water partition coefficient (Wildman–Crippen LogP) is 27.3. The third kappa shape index (κ3) is 24.5. The van der Waals surface area contributed by atoms with Gasteiger partial charge in [0.15, 0.2) is 6.73 Å². The number of morpholine rings is 1. The SMILES string of the molecule is CC(C)C1C(=NO)C(C(C)C)C(C(C)C)C1C(C)C.CC(C)c1c(C(C)C)c(C(C)C)n(C(=O)O)c1C(C)C.CC(C)c1c(C(C)C)c(C(C)C)n(CCN2CCOCC2)c1C(C)C.CC(C)c1c(C(C)C)c(C(C)C)n(COC=O)c1C(C)C.Cc1ccc(C2(SCC(N)C(=O)O)C(C(C)C)C(C(C)C)C(C(C)C)C2C(C)C)cc1. The molecule has 1 aromatic carbocycles. The Hall–Kier alpha value is -4.83. The third-order valence-corrected chi connectivity index (χ3v) is 27.5. The number of carboxylic acids is 1. The van der Waals surface area contributed by atoms with E-state index < -0.39 is 18.1 Å². The van der Waals surface area contributed by atoms with Crippen LogP contribution < -0.4 is 5.73 Å². The minimum atomic E-state index is -0.910. The van der Waals surface area contributed by atoms with E-state index in [9.17, 15) is 29.8 Å². The Balaban J connectivity index is 0.000000380. The van der Waals surface area contributed by atoms with Gasteiger partial charge in [0, 0.05) is 82.7 Å². The van der Waals surface area contributed by atoms with E-state index in [-0.39, 0.29) is 16.6 Å². The van der Waals surface area contributed by atoms with Gasteiger partial charge in [-0.15, -0.1) is 11.8 Å². The van der Waals surface area contributed by atoms with Crippen LogP contribution in [0.2, 0.25) is 0 Å². The van der Waals surface area contributed by atoms with Gasteiger partial charge in [-0.25, -0.2) is 4.79 Å². The highest BCUT2D eigenvalue weighted by molar-refractivity contribution is 8.00. The summed E-state index contributed by atoms with van der Waals surface area (Å²) in [5.41, 5.74) is 26.1. The first-order chi connectivity index (χ1) is 53.7. The fourth-order valence-electron chi connectivity index (χ4n) is 22.2. The van der Waals surface area contributed by atoms with E-state index in [1.165, 1.54) is 44.8 Å². The minimum absolute atomic E-state index is 0.146. The second-order valence-electron chi connectivity index (χ2n) is 41.5. The highest BCUT2D eigenvalue weighted by Gasteiger charge is 2.63. The zero-order valence-electron chi connectivity index (χ0n) is 81.9. The maximum Gasteiger partial charge on any atom is 0.415 e. The summed E-state index contributed by atoms with van der Waals surface area (Å²) in [6.07, 6.45) is -0.855. The third-order valence-electron chi connectivity index (χ3n) is 25.7. The molecule has 9 atom stereocenters. The monoisotopic (exact) mass is 1640 g/mol.